The number of benzene rings is 1. The zero-order valence-electron chi connectivity index (χ0n) is 9.93. The van der Waals surface area contributed by atoms with Gasteiger partial charge in [0.2, 0.25) is 0 Å². The van der Waals surface area contributed by atoms with Gasteiger partial charge in [0, 0.05) is 17.8 Å². The van der Waals surface area contributed by atoms with Gasteiger partial charge in [0.15, 0.2) is 0 Å². The van der Waals surface area contributed by atoms with Gasteiger partial charge in [-0.25, -0.2) is 0 Å². The average molecular weight is 246 g/mol. The van der Waals surface area contributed by atoms with E-state index in [9.17, 15) is 4.79 Å². The number of aromatic nitrogens is 2. The number of nitrogens with one attached hydrogen (secondary N) is 2. The number of nitrogens with zero attached hydrogens (tertiary/aromatic N) is 1. The minimum Gasteiger partial charge on any atom is -0.494 e. The average Bonchev–Trinajstić information content (AvgIpc) is 2.77. The molecule has 0 saturated heterocycles. The first-order chi connectivity index (χ1) is 8.69. The molecule has 1 aromatic heterocycles. The molecule has 4 N–H and O–H groups in total. The summed E-state index contributed by atoms with van der Waals surface area (Å²) in [4.78, 5) is 11.8. The molecule has 0 radical (unpaired) electrons. The highest BCUT2D eigenvalue weighted by molar-refractivity contribution is 6.03. The fourth-order valence-corrected chi connectivity index (χ4v) is 1.48. The lowest BCUT2D eigenvalue weighted by Gasteiger charge is -2.06. The predicted molar refractivity (Wildman–Crippen MR) is 68.6 cm³/mol. The molecule has 1 heterocycles. The van der Waals surface area contributed by atoms with Crippen molar-refractivity contribution in [2.75, 3.05) is 17.7 Å². The topological polar surface area (TPSA) is 93.0 Å². The van der Waals surface area contributed by atoms with Gasteiger partial charge in [0.1, 0.15) is 17.3 Å². The van der Waals surface area contributed by atoms with Gasteiger partial charge < -0.3 is 15.8 Å². The number of amides is 1. The number of anilines is 2. The third-order valence-electron chi connectivity index (χ3n) is 2.25. The maximum atomic E-state index is 11.8. The molecule has 6 heteroatoms. The second-order valence-electron chi connectivity index (χ2n) is 3.62. The van der Waals surface area contributed by atoms with Crippen LogP contribution in [-0.4, -0.2) is 22.7 Å². The molecule has 0 aliphatic carbocycles. The Balaban J connectivity index is 2.09. The highest BCUT2D eigenvalue weighted by Gasteiger charge is 2.09. The van der Waals surface area contributed by atoms with Crippen LogP contribution in [0.15, 0.2) is 30.3 Å². The SMILES string of the molecule is CCOc1cccc(NC(=O)c2cc(N)n[nH]2)c1. The summed E-state index contributed by atoms with van der Waals surface area (Å²) in [6, 6.07) is 8.64. The molecule has 94 valence electrons. The minimum absolute atomic E-state index is 0.281. The first kappa shape index (κ1) is 12.0. The van der Waals surface area contributed by atoms with Gasteiger partial charge in [0.25, 0.3) is 5.91 Å². The van der Waals surface area contributed by atoms with Crippen LogP contribution in [0.2, 0.25) is 0 Å². The second kappa shape index (κ2) is 5.22. The Labute approximate surface area is 104 Å². The summed E-state index contributed by atoms with van der Waals surface area (Å²) in [7, 11) is 0. The number of hydrogen-bond acceptors (Lipinski definition) is 4. The summed E-state index contributed by atoms with van der Waals surface area (Å²) in [5, 5.41) is 8.97. The van der Waals surface area contributed by atoms with Crippen LogP contribution in [0.5, 0.6) is 5.75 Å². The van der Waals surface area contributed by atoms with Crippen molar-refractivity contribution < 1.29 is 9.53 Å². The maximum absolute atomic E-state index is 11.8. The smallest absolute Gasteiger partial charge is 0.273 e. The van der Waals surface area contributed by atoms with E-state index >= 15 is 0 Å². The van der Waals surface area contributed by atoms with E-state index in [-0.39, 0.29) is 11.7 Å². The van der Waals surface area contributed by atoms with Crippen molar-refractivity contribution in [1.82, 2.24) is 10.2 Å². The fourth-order valence-electron chi connectivity index (χ4n) is 1.48. The molecule has 2 rings (SSSR count). The van der Waals surface area contributed by atoms with Crippen molar-refractivity contribution in [3.8, 4) is 5.75 Å². The van der Waals surface area contributed by atoms with Crippen molar-refractivity contribution in [2.24, 2.45) is 0 Å². The molecule has 1 aromatic carbocycles. The van der Waals surface area contributed by atoms with Crippen LogP contribution >= 0.6 is 0 Å². The molecule has 0 aliphatic rings. The van der Waals surface area contributed by atoms with Gasteiger partial charge in [-0.3, -0.25) is 9.89 Å². The molecule has 0 aliphatic heterocycles. The summed E-state index contributed by atoms with van der Waals surface area (Å²) in [6.45, 7) is 2.48. The molecule has 18 heavy (non-hydrogen) atoms. The van der Waals surface area contributed by atoms with Gasteiger partial charge in [0.05, 0.1) is 6.61 Å². The number of carbonyl (C=O) groups excluding carboxylic acids is 1. The number of rotatable bonds is 4. The van der Waals surface area contributed by atoms with Crippen LogP contribution in [0.3, 0.4) is 0 Å². The molecule has 6 nitrogen and oxygen atoms in total. The third kappa shape index (κ3) is 2.79. The van der Waals surface area contributed by atoms with Crippen molar-refractivity contribution in [1.29, 1.82) is 0 Å². The summed E-state index contributed by atoms with van der Waals surface area (Å²) < 4.78 is 5.35. The lowest BCUT2D eigenvalue weighted by atomic mass is 10.3. The zero-order valence-corrected chi connectivity index (χ0v) is 9.93. The van der Waals surface area contributed by atoms with E-state index in [1.54, 1.807) is 12.1 Å². The first-order valence-electron chi connectivity index (χ1n) is 5.54. The van der Waals surface area contributed by atoms with Gasteiger partial charge in [-0.15, -0.1) is 0 Å². The van der Waals surface area contributed by atoms with Crippen LogP contribution in [-0.2, 0) is 0 Å². The molecule has 0 unspecified atom stereocenters. The number of hydrogen-bond donors (Lipinski definition) is 3. The van der Waals surface area contributed by atoms with E-state index in [1.165, 1.54) is 6.07 Å². The third-order valence-corrected chi connectivity index (χ3v) is 2.25. The molecule has 2 aromatic rings. The summed E-state index contributed by atoms with van der Waals surface area (Å²) >= 11 is 0. The lowest BCUT2D eigenvalue weighted by molar-refractivity contribution is 0.102. The van der Waals surface area contributed by atoms with Crippen molar-refractivity contribution in [3.05, 3.63) is 36.0 Å². The quantitative estimate of drug-likeness (QED) is 0.764. The molecular weight excluding hydrogens is 232 g/mol. The Morgan fingerprint density at radius 1 is 1.50 bits per heavy atom. The van der Waals surface area contributed by atoms with E-state index < -0.39 is 0 Å². The molecule has 0 atom stereocenters. The Kier molecular flexibility index (Phi) is 3.47. The van der Waals surface area contributed by atoms with E-state index in [4.69, 9.17) is 10.5 Å². The molecule has 0 bridgehead atoms. The van der Waals surface area contributed by atoms with Crippen LogP contribution in [0, 0.1) is 0 Å². The Morgan fingerprint density at radius 2 is 2.33 bits per heavy atom. The molecule has 0 fully saturated rings. The number of H-pyrrole nitrogens is 1. The normalized spacial score (nSPS) is 10.1. The first-order valence-corrected chi connectivity index (χ1v) is 5.54. The van der Waals surface area contributed by atoms with Crippen LogP contribution in [0.4, 0.5) is 11.5 Å². The van der Waals surface area contributed by atoms with Crippen LogP contribution < -0.4 is 15.8 Å². The van der Waals surface area contributed by atoms with Gasteiger partial charge in [-0.1, -0.05) is 6.07 Å². The largest absolute Gasteiger partial charge is 0.494 e. The number of nitrogens with two attached hydrogens (primary N) is 1. The van der Waals surface area contributed by atoms with Crippen LogP contribution in [0.25, 0.3) is 0 Å². The van der Waals surface area contributed by atoms with E-state index in [0.29, 0.717) is 23.7 Å². The Morgan fingerprint density at radius 3 is 3.00 bits per heavy atom. The second-order valence-corrected chi connectivity index (χ2v) is 3.62. The molecule has 0 spiro atoms. The Hall–Kier alpha value is -2.50. The van der Waals surface area contributed by atoms with Gasteiger partial charge >= 0.3 is 0 Å². The van der Waals surface area contributed by atoms with E-state index in [1.807, 2.05) is 19.1 Å². The van der Waals surface area contributed by atoms with Crippen LogP contribution in [0.1, 0.15) is 17.4 Å². The Bertz CT molecular complexity index is 551. The van der Waals surface area contributed by atoms with Crippen molar-refractivity contribution in [2.45, 2.75) is 6.92 Å². The monoisotopic (exact) mass is 246 g/mol. The highest BCUT2D eigenvalue weighted by Crippen LogP contribution is 2.17. The maximum Gasteiger partial charge on any atom is 0.273 e. The van der Waals surface area contributed by atoms with E-state index in [0.717, 1.165) is 0 Å². The number of ether oxygens (including phenoxy) is 1. The molecule has 0 saturated carbocycles. The zero-order chi connectivity index (χ0) is 13.0. The number of carbonyl (C=O) groups is 1. The minimum atomic E-state index is -0.298. The number of nitrogen functional groups attached to an aromatic ring is 1. The summed E-state index contributed by atoms with van der Waals surface area (Å²) in [6.07, 6.45) is 0. The lowest BCUT2D eigenvalue weighted by Crippen LogP contribution is -2.12. The predicted octanol–water partition coefficient (Wildman–Crippen LogP) is 1.64. The van der Waals surface area contributed by atoms with Crippen molar-refractivity contribution in [3.63, 3.8) is 0 Å². The fraction of sp³-hybridized carbons (Fsp3) is 0.167. The summed E-state index contributed by atoms with van der Waals surface area (Å²) in [5.74, 6) is 0.690. The highest BCUT2D eigenvalue weighted by atomic mass is 16.5. The number of aromatic amines is 1. The summed E-state index contributed by atoms with van der Waals surface area (Å²) in [5.41, 5.74) is 6.40. The van der Waals surface area contributed by atoms with Crippen molar-refractivity contribution >= 4 is 17.4 Å². The molecule has 1 amide bonds. The standard InChI is InChI=1S/C12H14N4O2/c1-2-18-9-5-3-4-8(6-9)14-12(17)10-7-11(13)16-15-10/h3-7H,2H2,1H3,(H,14,17)(H3,13,15,16). The molecular formula is C12H14N4O2. The van der Waals surface area contributed by atoms with Gasteiger partial charge in [-0.2, -0.15) is 5.10 Å². The van der Waals surface area contributed by atoms with E-state index in [2.05, 4.69) is 15.5 Å². The van der Waals surface area contributed by atoms with Gasteiger partial charge in [-0.05, 0) is 19.1 Å².